The standard InChI is InChI=1S/C12H15F3O/c1-11(2,3)8-9-6-4-5-7-10(9)16-12(13,14)15/h4-7H,8H2,1-3H3. The minimum atomic E-state index is -4.63. The van der Waals surface area contributed by atoms with E-state index in [1.807, 2.05) is 20.8 Å². The Balaban J connectivity index is 2.92. The van der Waals surface area contributed by atoms with Crippen molar-refractivity contribution in [3.05, 3.63) is 29.8 Å². The molecule has 1 nitrogen and oxygen atoms in total. The molecule has 0 aliphatic heterocycles. The maximum Gasteiger partial charge on any atom is 0.573 e. The number of halogens is 3. The maximum atomic E-state index is 12.1. The van der Waals surface area contributed by atoms with Gasteiger partial charge in [0, 0.05) is 0 Å². The lowest BCUT2D eigenvalue weighted by Gasteiger charge is -2.20. The second kappa shape index (κ2) is 4.36. The molecule has 0 radical (unpaired) electrons. The summed E-state index contributed by atoms with van der Waals surface area (Å²) in [6.45, 7) is 5.91. The molecule has 16 heavy (non-hydrogen) atoms. The Bertz CT molecular complexity index is 315. The van der Waals surface area contributed by atoms with Gasteiger partial charge in [0.25, 0.3) is 0 Å². The van der Waals surface area contributed by atoms with Crippen LogP contribution in [-0.2, 0) is 6.42 Å². The van der Waals surface area contributed by atoms with Crippen LogP contribution < -0.4 is 4.74 Å². The molecule has 0 spiro atoms. The Morgan fingerprint density at radius 2 is 1.62 bits per heavy atom. The first kappa shape index (κ1) is 12.9. The van der Waals surface area contributed by atoms with E-state index >= 15 is 0 Å². The Morgan fingerprint density at radius 3 is 2.12 bits per heavy atom. The summed E-state index contributed by atoms with van der Waals surface area (Å²) in [6, 6.07) is 6.25. The van der Waals surface area contributed by atoms with Crippen molar-refractivity contribution in [2.75, 3.05) is 0 Å². The Kier molecular flexibility index (Phi) is 3.51. The van der Waals surface area contributed by atoms with E-state index in [0.717, 1.165) is 0 Å². The summed E-state index contributed by atoms with van der Waals surface area (Å²) in [5.74, 6) is -0.107. The predicted octanol–water partition coefficient (Wildman–Crippen LogP) is 4.17. The van der Waals surface area contributed by atoms with E-state index < -0.39 is 6.36 Å². The fourth-order valence-corrected chi connectivity index (χ4v) is 1.45. The van der Waals surface area contributed by atoms with Crippen molar-refractivity contribution >= 4 is 0 Å². The van der Waals surface area contributed by atoms with Crippen molar-refractivity contribution in [2.24, 2.45) is 5.41 Å². The first-order valence-electron chi connectivity index (χ1n) is 5.01. The van der Waals surface area contributed by atoms with Gasteiger partial charge in [0.1, 0.15) is 5.75 Å². The number of hydrogen-bond acceptors (Lipinski definition) is 1. The van der Waals surface area contributed by atoms with Gasteiger partial charge in [0.15, 0.2) is 0 Å². The normalized spacial score (nSPS) is 12.6. The third kappa shape index (κ3) is 4.55. The second-order valence-electron chi connectivity index (χ2n) is 4.89. The lowest BCUT2D eigenvalue weighted by Crippen LogP contribution is -2.19. The maximum absolute atomic E-state index is 12.1. The monoisotopic (exact) mass is 232 g/mol. The van der Waals surface area contributed by atoms with Crippen LogP contribution >= 0.6 is 0 Å². The highest BCUT2D eigenvalue weighted by Crippen LogP contribution is 2.30. The van der Waals surface area contributed by atoms with E-state index in [-0.39, 0.29) is 11.2 Å². The highest BCUT2D eigenvalue weighted by Gasteiger charge is 2.32. The van der Waals surface area contributed by atoms with Crippen LogP contribution in [0.15, 0.2) is 24.3 Å². The van der Waals surface area contributed by atoms with Gasteiger partial charge in [-0.15, -0.1) is 13.2 Å². The minimum absolute atomic E-state index is 0.0783. The third-order valence-electron chi connectivity index (χ3n) is 1.92. The lowest BCUT2D eigenvalue weighted by atomic mass is 9.88. The molecule has 0 amide bonds. The number of ether oxygens (including phenoxy) is 1. The van der Waals surface area contributed by atoms with Gasteiger partial charge in [-0.3, -0.25) is 0 Å². The highest BCUT2D eigenvalue weighted by atomic mass is 19.4. The van der Waals surface area contributed by atoms with Gasteiger partial charge in [-0.2, -0.15) is 0 Å². The minimum Gasteiger partial charge on any atom is -0.406 e. The summed E-state index contributed by atoms with van der Waals surface area (Å²) < 4.78 is 40.4. The Labute approximate surface area is 93.2 Å². The molecule has 0 aliphatic carbocycles. The largest absolute Gasteiger partial charge is 0.573 e. The van der Waals surface area contributed by atoms with Crippen molar-refractivity contribution in [1.82, 2.24) is 0 Å². The summed E-state index contributed by atoms with van der Waals surface area (Å²) in [5.41, 5.74) is 0.498. The molecule has 0 heterocycles. The van der Waals surface area contributed by atoms with Crippen LogP contribution in [0.1, 0.15) is 26.3 Å². The van der Waals surface area contributed by atoms with Gasteiger partial charge in [0.2, 0.25) is 0 Å². The Hall–Kier alpha value is -1.19. The first-order chi connectivity index (χ1) is 7.17. The zero-order chi connectivity index (χ0) is 12.4. The van der Waals surface area contributed by atoms with Gasteiger partial charge in [-0.1, -0.05) is 39.0 Å². The van der Waals surface area contributed by atoms with Crippen molar-refractivity contribution in [3.8, 4) is 5.75 Å². The fraction of sp³-hybridized carbons (Fsp3) is 0.500. The molecule has 0 atom stereocenters. The summed E-state index contributed by atoms with van der Waals surface area (Å²) in [5, 5.41) is 0. The van der Waals surface area contributed by atoms with Crippen LogP contribution in [0.25, 0.3) is 0 Å². The van der Waals surface area contributed by atoms with Gasteiger partial charge in [-0.25, -0.2) is 0 Å². The van der Waals surface area contributed by atoms with Crippen LogP contribution in [0.5, 0.6) is 5.75 Å². The topological polar surface area (TPSA) is 9.23 Å². The molecule has 0 bridgehead atoms. The van der Waals surface area contributed by atoms with Crippen molar-refractivity contribution < 1.29 is 17.9 Å². The van der Waals surface area contributed by atoms with Crippen LogP contribution in [0.3, 0.4) is 0 Å². The lowest BCUT2D eigenvalue weighted by molar-refractivity contribution is -0.275. The first-order valence-corrected chi connectivity index (χ1v) is 5.01. The molecule has 0 aromatic heterocycles. The Morgan fingerprint density at radius 1 is 1.06 bits per heavy atom. The number of para-hydroxylation sites is 1. The molecule has 0 saturated carbocycles. The summed E-state index contributed by atoms with van der Waals surface area (Å²) in [6.07, 6.45) is -4.09. The average Bonchev–Trinajstić information content (AvgIpc) is 2.03. The average molecular weight is 232 g/mol. The molecule has 90 valence electrons. The van der Waals surface area contributed by atoms with E-state index in [9.17, 15) is 13.2 Å². The number of rotatable bonds is 2. The van der Waals surface area contributed by atoms with E-state index in [4.69, 9.17) is 0 Å². The van der Waals surface area contributed by atoms with E-state index in [1.165, 1.54) is 12.1 Å². The van der Waals surface area contributed by atoms with Crippen LogP contribution in [0, 0.1) is 5.41 Å². The van der Waals surface area contributed by atoms with Crippen LogP contribution in [0.2, 0.25) is 0 Å². The van der Waals surface area contributed by atoms with Crippen molar-refractivity contribution in [3.63, 3.8) is 0 Å². The van der Waals surface area contributed by atoms with Gasteiger partial charge < -0.3 is 4.74 Å². The number of alkyl halides is 3. The molecule has 1 aromatic rings. The molecule has 0 aliphatic rings. The molecule has 0 N–H and O–H groups in total. The van der Waals surface area contributed by atoms with E-state index in [0.29, 0.717) is 12.0 Å². The van der Waals surface area contributed by atoms with E-state index in [1.54, 1.807) is 12.1 Å². The zero-order valence-corrected chi connectivity index (χ0v) is 9.56. The smallest absolute Gasteiger partial charge is 0.406 e. The molecule has 4 heteroatoms. The zero-order valence-electron chi connectivity index (χ0n) is 9.56. The summed E-state index contributed by atoms with van der Waals surface area (Å²) in [4.78, 5) is 0. The molecule has 1 aromatic carbocycles. The number of hydrogen-bond donors (Lipinski definition) is 0. The highest BCUT2D eigenvalue weighted by molar-refractivity contribution is 5.34. The second-order valence-corrected chi connectivity index (χ2v) is 4.89. The van der Waals surface area contributed by atoms with Gasteiger partial charge in [0.05, 0.1) is 0 Å². The van der Waals surface area contributed by atoms with Gasteiger partial charge in [-0.05, 0) is 23.5 Å². The van der Waals surface area contributed by atoms with Crippen molar-refractivity contribution in [1.29, 1.82) is 0 Å². The molecular weight excluding hydrogens is 217 g/mol. The molecule has 0 unspecified atom stereocenters. The molecule has 0 fully saturated rings. The predicted molar refractivity (Wildman–Crippen MR) is 56.3 cm³/mol. The third-order valence-corrected chi connectivity index (χ3v) is 1.92. The number of benzene rings is 1. The summed E-state index contributed by atoms with van der Waals surface area (Å²) >= 11 is 0. The van der Waals surface area contributed by atoms with Crippen LogP contribution in [0.4, 0.5) is 13.2 Å². The SMILES string of the molecule is CC(C)(C)Cc1ccccc1OC(F)(F)F. The molecule has 0 saturated heterocycles. The summed E-state index contributed by atoms with van der Waals surface area (Å²) in [7, 11) is 0. The van der Waals surface area contributed by atoms with Crippen molar-refractivity contribution in [2.45, 2.75) is 33.6 Å². The van der Waals surface area contributed by atoms with Gasteiger partial charge >= 0.3 is 6.36 Å². The molecule has 1 rings (SSSR count). The fourth-order valence-electron chi connectivity index (χ4n) is 1.45. The quantitative estimate of drug-likeness (QED) is 0.743. The van der Waals surface area contributed by atoms with Crippen LogP contribution in [-0.4, -0.2) is 6.36 Å². The molecular formula is C12H15F3O. The van der Waals surface area contributed by atoms with E-state index in [2.05, 4.69) is 4.74 Å².